The average Bonchev–Trinajstić information content (AvgIpc) is 3.34. The lowest BCUT2D eigenvalue weighted by Crippen LogP contribution is -2.20. The van der Waals surface area contributed by atoms with Crippen LogP contribution in [-0.2, 0) is 4.79 Å². The van der Waals surface area contributed by atoms with Crippen LogP contribution in [0.25, 0.3) is 5.82 Å². The first-order valence-corrected chi connectivity index (χ1v) is 10.3. The molecule has 0 atom stereocenters. The molecular formula is C22H23N9O2. The Morgan fingerprint density at radius 2 is 1.88 bits per heavy atom. The third-order valence-corrected chi connectivity index (χ3v) is 4.35. The molecule has 0 bridgehead atoms. The third kappa shape index (κ3) is 6.00. The number of rotatable bonds is 9. The van der Waals surface area contributed by atoms with Crippen molar-refractivity contribution in [3.05, 3.63) is 66.6 Å². The van der Waals surface area contributed by atoms with Gasteiger partial charge in [0.1, 0.15) is 5.82 Å². The number of carbonyl (C=O) groups is 1. The standard InChI is InChI=1S/C22H23N9O2/c1-3-23-22-25-15(2)13-18(28-22)26-16-5-7-17(8-6-16)27-20(32)14-33-21-10-9-19(29-30-21)31-12-4-11-24-31/h4-13H,3,14H2,1-2H3,(H,27,32)(H2,23,25,26,28). The van der Waals surface area contributed by atoms with Crippen molar-refractivity contribution in [3.8, 4) is 11.7 Å². The summed E-state index contributed by atoms with van der Waals surface area (Å²) in [6, 6.07) is 14.3. The smallest absolute Gasteiger partial charge is 0.262 e. The van der Waals surface area contributed by atoms with Gasteiger partial charge in [-0.2, -0.15) is 10.1 Å². The Balaban J connectivity index is 1.28. The lowest BCUT2D eigenvalue weighted by atomic mass is 10.2. The molecule has 168 valence electrons. The highest BCUT2D eigenvalue weighted by atomic mass is 16.5. The van der Waals surface area contributed by atoms with E-state index in [9.17, 15) is 4.79 Å². The van der Waals surface area contributed by atoms with Gasteiger partial charge in [0.05, 0.1) is 0 Å². The number of nitrogens with one attached hydrogen (secondary N) is 3. The Morgan fingerprint density at radius 3 is 2.58 bits per heavy atom. The number of anilines is 4. The van der Waals surface area contributed by atoms with Crippen LogP contribution in [0.3, 0.4) is 0 Å². The molecule has 3 aromatic heterocycles. The highest BCUT2D eigenvalue weighted by molar-refractivity contribution is 5.92. The van der Waals surface area contributed by atoms with Crippen molar-refractivity contribution < 1.29 is 9.53 Å². The summed E-state index contributed by atoms with van der Waals surface area (Å²) < 4.78 is 6.99. The molecule has 4 rings (SSSR count). The molecule has 3 heterocycles. The van der Waals surface area contributed by atoms with Crippen molar-refractivity contribution in [2.24, 2.45) is 0 Å². The van der Waals surface area contributed by atoms with Gasteiger partial charge in [-0.1, -0.05) is 0 Å². The summed E-state index contributed by atoms with van der Waals surface area (Å²) in [6.07, 6.45) is 3.41. The van der Waals surface area contributed by atoms with Crippen LogP contribution in [0, 0.1) is 6.92 Å². The first-order valence-electron chi connectivity index (χ1n) is 10.3. The van der Waals surface area contributed by atoms with E-state index >= 15 is 0 Å². The molecule has 0 aliphatic carbocycles. The normalized spacial score (nSPS) is 10.5. The summed E-state index contributed by atoms with van der Waals surface area (Å²) in [5.41, 5.74) is 2.33. The summed E-state index contributed by atoms with van der Waals surface area (Å²) in [6.45, 7) is 4.45. The van der Waals surface area contributed by atoms with Crippen LogP contribution in [0.1, 0.15) is 12.6 Å². The van der Waals surface area contributed by atoms with Gasteiger partial charge in [0, 0.05) is 48.1 Å². The topological polar surface area (TPSA) is 132 Å². The number of hydrogen-bond acceptors (Lipinski definition) is 9. The van der Waals surface area contributed by atoms with Gasteiger partial charge in [0.25, 0.3) is 5.91 Å². The Hall–Kier alpha value is -4.54. The molecule has 1 amide bonds. The fourth-order valence-corrected chi connectivity index (χ4v) is 2.91. The van der Waals surface area contributed by atoms with Crippen molar-refractivity contribution in [1.29, 1.82) is 0 Å². The maximum atomic E-state index is 12.2. The predicted molar refractivity (Wildman–Crippen MR) is 124 cm³/mol. The zero-order valence-electron chi connectivity index (χ0n) is 18.2. The van der Waals surface area contributed by atoms with Gasteiger partial charge in [0.2, 0.25) is 11.8 Å². The molecule has 4 aromatic rings. The van der Waals surface area contributed by atoms with Crippen LogP contribution in [-0.4, -0.2) is 49.0 Å². The largest absolute Gasteiger partial charge is 0.466 e. The summed E-state index contributed by atoms with van der Waals surface area (Å²) >= 11 is 0. The molecule has 0 aliphatic heterocycles. The lowest BCUT2D eigenvalue weighted by molar-refractivity contribution is -0.118. The van der Waals surface area contributed by atoms with E-state index in [2.05, 4.69) is 41.2 Å². The Kier molecular flexibility index (Phi) is 6.69. The van der Waals surface area contributed by atoms with E-state index in [0.717, 1.165) is 17.9 Å². The summed E-state index contributed by atoms with van der Waals surface area (Å²) in [7, 11) is 0. The molecule has 0 fully saturated rings. The zero-order chi connectivity index (χ0) is 23.0. The van der Waals surface area contributed by atoms with Crippen LogP contribution in [0.2, 0.25) is 0 Å². The second kappa shape index (κ2) is 10.2. The number of carbonyl (C=O) groups excluding carboxylic acids is 1. The van der Waals surface area contributed by atoms with Crippen molar-refractivity contribution >= 4 is 29.0 Å². The molecule has 0 aliphatic rings. The number of nitrogens with zero attached hydrogens (tertiary/aromatic N) is 6. The van der Waals surface area contributed by atoms with Crippen LogP contribution < -0.4 is 20.7 Å². The Morgan fingerprint density at radius 1 is 1.06 bits per heavy atom. The average molecular weight is 445 g/mol. The number of hydrogen-bond donors (Lipinski definition) is 3. The fourth-order valence-electron chi connectivity index (χ4n) is 2.91. The highest BCUT2D eigenvalue weighted by Crippen LogP contribution is 2.19. The van der Waals surface area contributed by atoms with Gasteiger partial charge in [-0.15, -0.1) is 10.2 Å². The second-order valence-electron chi connectivity index (χ2n) is 6.97. The zero-order valence-corrected chi connectivity index (χ0v) is 18.2. The maximum Gasteiger partial charge on any atom is 0.262 e. The number of aryl methyl sites for hydroxylation is 1. The van der Waals surface area contributed by atoms with Gasteiger partial charge in [0.15, 0.2) is 12.4 Å². The monoisotopic (exact) mass is 445 g/mol. The first kappa shape index (κ1) is 21.7. The van der Waals surface area contributed by atoms with E-state index in [1.54, 1.807) is 47.4 Å². The van der Waals surface area contributed by atoms with Crippen LogP contribution in [0.15, 0.2) is 60.9 Å². The van der Waals surface area contributed by atoms with Crippen LogP contribution in [0.4, 0.5) is 23.1 Å². The van der Waals surface area contributed by atoms with Gasteiger partial charge in [-0.05, 0) is 50.2 Å². The Labute approximate surface area is 190 Å². The quantitative estimate of drug-likeness (QED) is 0.356. The molecule has 11 heteroatoms. The molecule has 0 radical (unpaired) electrons. The van der Waals surface area contributed by atoms with Gasteiger partial charge in [-0.25, -0.2) is 9.67 Å². The number of benzene rings is 1. The molecule has 3 N–H and O–H groups in total. The Bertz CT molecular complexity index is 1190. The fraction of sp³-hybridized carbons (Fsp3) is 0.182. The summed E-state index contributed by atoms with van der Waals surface area (Å²) in [5, 5.41) is 21.2. The van der Waals surface area contributed by atoms with Crippen LogP contribution in [0.5, 0.6) is 5.88 Å². The van der Waals surface area contributed by atoms with E-state index in [0.29, 0.717) is 23.3 Å². The van der Waals surface area contributed by atoms with Crippen molar-refractivity contribution in [1.82, 2.24) is 29.9 Å². The van der Waals surface area contributed by atoms with E-state index in [-0.39, 0.29) is 18.4 Å². The predicted octanol–water partition coefficient (Wildman–Crippen LogP) is 2.95. The minimum atomic E-state index is -0.310. The summed E-state index contributed by atoms with van der Waals surface area (Å²) in [5.74, 6) is 1.75. The molecule has 0 spiro atoms. The molecule has 0 saturated carbocycles. The van der Waals surface area contributed by atoms with E-state index in [1.807, 2.05) is 32.0 Å². The summed E-state index contributed by atoms with van der Waals surface area (Å²) in [4.78, 5) is 21.0. The highest BCUT2D eigenvalue weighted by Gasteiger charge is 2.07. The molecule has 11 nitrogen and oxygen atoms in total. The van der Waals surface area contributed by atoms with Crippen molar-refractivity contribution in [2.75, 3.05) is 29.1 Å². The second-order valence-corrected chi connectivity index (χ2v) is 6.97. The number of aromatic nitrogens is 6. The molecule has 0 saturated heterocycles. The number of ether oxygens (including phenoxy) is 1. The molecular weight excluding hydrogens is 422 g/mol. The van der Waals surface area contributed by atoms with E-state index in [4.69, 9.17) is 4.74 Å². The minimum absolute atomic E-state index is 0.191. The van der Waals surface area contributed by atoms with Gasteiger partial charge < -0.3 is 20.7 Å². The molecule has 0 unspecified atom stereocenters. The maximum absolute atomic E-state index is 12.2. The third-order valence-electron chi connectivity index (χ3n) is 4.35. The van der Waals surface area contributed by atoms with Crippen LogP contribution >= 0.6 is 0 Å². The SMILES string of the molecule is CCNc1nc(C)cc(Nc2ccc(NC(=O)COc3ccc(-n4cccn4)nn3)cc2)n1. The lowest BCUT2D eigenvalue weighted by Gasteiger charge is -2.10. The van der Waals surface area contributed by atoms with E-state index < -0.39 is 0 Å². The van der Waals surface area contributed by atoms with Crippen molar-refractivity contribution in [2.45, 2.75) is 13.8 Å². The minimum Gasteiger partial charge on any atom is -0.466 e. The van der Waals surface area contributed by atoms with Gasteiger partial charge >= 0.3 is 0 Å². The van der Waals surface area contributed by atoms with E-state index in [1.165, 1.54) is 0 Å². The van der Waals surface area contributed by atoms with Crippen molar-refractivity contribution in [3.63, 3.8) is 0 Å². The molecule has 33 heavy (non-hydrogen) atoms. The number of amides is 1. The van der Waals surface area contributed by atoms with Gasteiger partial charge in [-0.3, -0.25) is 4.79 Å². The molecule has 1 aromatic carbocycles. The first-order chi connectivity index (χ1) is 16.1.